The quantitative estimate of drug-likeness (QED) is 0.389. The number of halogens is 7. The van der Waals surface area contributed by atoms with Crippen LogP contribution < -0.4 is 0 Å². The number of tetrazole rings is 1. The second-order valence-electron chi connectivity index (χ2n) is 7.46. The van der Waals surface area contributed by atoms with Crippen LogP contribution in [0.2, 0.25) is 0 Å². The Balaban J connectivity index is 1.91. The highest BCUT2D eigenvalue weighted by Gasteiger charge is 2.52. The monoisotopic (exact) mass is 497 g/mol. The lowest BCUT2D eigenvalue weighted by Gasteiger charge is -2.34. The molecular weight excluding hydrogens is 483 g/mol. The predicted octanol–water partition coefficient (Wildman–Crippen LogP) is 4.77. The number of rotatable bonds is 6. The highest BCUT2D eigenvalue weighted by molar-refractivity contribution is 5.64. The molecule has 13 heteroatoms. The van der Waals surface area contributed by atoms with E-state index in [1.807, 2.05) is 0 Å². The Kier molecular flexibility index (Phi) is 6.28. The average Bonchev–Trinajstić information content (AvgIpc) is 3.33. The molecule has 0 spiro atoms. The molecule has 35 heavy (non-hydrogen) atoms. The topological polar surface area (TPSA) is 76.7 Å². The van der Waals surface area contributed by atoms with Crippen LogP contribution in [-0.4, -0.2) is 36.7 Å². The van der Waals surface area contributed by atoms with Crippen LogP contribution in [0.1, 0.15) is 22.9 Å². The highest BCUT2D eigenvalue weighted by Crippen LogP contribution is 2.43. The zero-order chi connectivity index (χ0) is 25.4. The van der Waals surface area contributed by atoms with Crippen molar-refractivity contribution in [2.24, 2.45) is 0 Å². The van der Waals surface area contributed by atoms with E-state index < -0.39 is 47.0 Å². The van der Waals surface area contributed by atoms with Gasteiger partial charge in [-0.15, -0.1) is 10.2 Å². The van der Waals surface area contributed by atoms with Crippen molar-refractivity contribution in [3.05, 3.63) is 95.6 Å². The summed E-state index contributed by atoms with van der Waals surface area (Å²) in [5.41, 5.74) is -5.44. The molecule has 0 aliphatic heterocycles. The number of pyridine rings is 1. The van der Waals surface area contributed by atoms with E-state index in [9.17, 15) is 35.8 Å². The van der Waals surface area contributed by atoms with E-state index in [0.717, 1.165) is 36.8 Å². The summed E-state index contributed by atoms with van der Waals surface area (Å²) in [6, 6.07) is 6.34. The van der Waals surface area contributed by atoms with E-state index in [1.165, 1.54) is 12.1 Å². The summed E-state index contributed by atoms with van der Waals surface area (Å²) >= 11 is 0. The van der Waals surface area contributed by atoms with Crippen molar-refractivity contribution in [1.82, 2.24) is 25.2 Å². The van der Waals surface area contributed by atoms with Crippen LogP contribution in [0.5, 0.6) is 0 Å². The molecule has 182 valence electrons. The standard InChI is InChI=1S/C22H14F7N5O/c23-15-4-5-16(17(24)10-15)21(35,20(25)26)19(34-32-11-31-33-34)18-9-13(6-7-30-18)12-2-1-3-14(8-12)22(27,28)29/h1-11,19-20,35H. The molecule has 0 saturated carbocycles. The lowest BCUT2D eigenvalue weighted by Crippen LogP contribution is -2.45. The van der Waals surface area contributed by atoms with Gasteiger partial charge in [0, 0.05) is 17.8 Å². The number of alkyl halides is 5. The van der Waals surface area contributed by atoms with Crippen LogP contribution in [-0.2, 0) is 11.8 Å². The molecule has 0 radical (unpaired) electrons. The SMILES string of the molecule is OC(c1ccc(F)cc1F)(C(F)F)C(c1cc(-c2cccc(C(F)(F)F)c2)ccn1)n1ncnn1. The van der Waals surface area contributed by atoms with E-state index in [-0.39, 0.29) is 16.8 Å². The first-order valence-corrected chi connectivity index (χ1v) is 9.84. The zero-order valence-corrected chi connectivity index (χ0v) is 17.3. The van der Waals surface area contributed by atoms with Crippen molar-refractivity contribution in [2.45, 2.75) is 24.2 Å². The molecule has 2 aromatic heterocycles. The molecule has 0 aliphatic carbocycles. The summed E-state index contributed by atoms with van der Waals surface area (Å²) < 4.78 is 96.4. The second-order valence-corrected chi connectivity index (χ2v) is 7.46. The first kappa shape index (κ1) is 24.3. The summed E-state index contributed by atoms with van der Waals surface area (Å²) in [6.07, 6.45) is -6.31. The van der Waals surface area contributed by atoms with Gasteiger partial charge < -0.3 is 5.11 Å². The van der Waals surface area contributed by atoms with Gasteiger partial charge in [0.25, 0.3) is 6.43 Å². The molecule has 2 atom stereocenters. The van der Waals surface area contributed by atoms with Crippen molar-refractivity contribution in [3.8, 4) is 11.1 Å². The molecule has 0 amide bonds. The average molecular weight is 497 g/mol. The maximum absolute atomic E-state index is 14.6. The number of hydrogen-bond acceptors (Lipinski definition) is 5. The molecule has 0 fully saturated rings. The lowest BCUT2D eigenvalue weighted by molar-refractivity contribution is -0.137. The Bertz CT molecular complexity index is 1330. The van der Waals surface area contributed by atoms with E-state index in [4.69, 9.17) is 0 Å². The molecule has 0 saturated heterocycles. The number of nitrogens with zero attached hydrogens (tertiary/aromatic N) is 5. The molecule has 2 unspecified atom stereocenters. The summed E-state index contributed by atoms with van der Waals surface area (Å²) in [6.45, 7) is 0. The zero-order valence-electron chi connectivity index (χ0n) is 17.3. The Morgan fingerprint density at radius 1 is 0.914 bits per heavy atom. The molecule has 1 N–H and O–H groups in total. The molecule has 2 heterocycles. The molecule has 2 aromatic carbocycles. The molecule has 4 rings (SSSR count). The van der Waals surface area contributed by atoms with Crippen LogP contribution in [0, 0.1) is 11.6 Å². The van der Waals surface area contributed by atoms with Gasteiger partial charge in [-0.3, -0.25) is 4.98 Å². The van der Waals surface area contributed by atoms with Crippen LogP contribution in [0.4, 0.5) is 30.7 Å². The maximum atomic E-state index is 14.6. The van der Waals surface area contributed by atoms with Gasteiger partial charge >= 0.3 is 6.18 Å². The van der Waals surface area contributed by atoms with Crippen LogP contribution in [0.15, 0.2) is 67.1 Å². The van der Waals surface area contributed by atoms with Gasteiger partial charge in [0.15, 0.2) is 18.0 Å². The smallest absolute Gasteiger partial charge is 0.377 e. The summed E-state index contributed by atoms with van der Waals surface area (Å²) in [5.74, 6) is -2.53. The van der Waals surface area contributed by atoms with Gasteiger partial charge in [-0.05, 0) is 52.7 Å². The third-order valence-electron chi connectivity index (χ3n) is 5.29. The minimum absolute atomic E-state index is 0.0716. The van der Waals surface area contributed by atoms with Gasteiger partial charge in [0.05, 0.1) is 11.3 Å². The first-order valence-electron chi connectivity index (χ1n) is 9.84. The van der Waals surface area contributed by atoms with E-state index >= 15 is 0 Å². The molecule has 4 aromatic rings. The first-order chi connectivity index (χ1) is 16.5. The minimum Gasteiger partial charge on any atom is -0.377 e. The van der Waals surface area contributed by atoms with Crippen molar-refractivity contribution in [3.63, 3.8) is 0 Å². The third-order valence-corrected chi connectivity index (χ3v) is 5.29. The Labute approximate surface area is 192 Å². The van der Waals surface area contributed by atoms with Crippen LogP contribution in [0.3, 0.4) is 0 Å². The Morgan fingerprint density at radius 2 is 1.66 bits per heavy atom. The van der Waals surface area contributed by atoms with Crippen LogP contribution in [0.25, 0.3) is 11.1 Å². The van der Waals surface area contributed by atoms with Gasteiger partial charge in [0.1, 0.15) is 11.6 Å². The third kappa shape index (κ3) is 4.58. The number of aromatic nitrogens is 5. The fourth-order valence-corrected chi connectivity index (χ4v) is 3.66. The van der Waals surface area contributed by atoms with Crippen molar-refractivity contribution >= 4 is 0 Å². The molecule has 6 nitrogen and oxygen atoms in total. The molecule has 0 bridgehead atoms. The van der Waals surface area contributed by atoms with Gasteiger partial charge in [0.2, 0.25) is 0 Å². The Morgan fingerprint density at radius 3 is 2.29 bits per heavy atom. The van der Waals surface area contributed by atoms with Gasteiger partial charge in [-0.1, -0.05) is 12.1 Å². The normalized spacial score (nSPS) is 14.7. The summed E-state index contributed by atoms with van der Waals surface area (Å²) in [4.78, 5) is 4.54. The summed E-state index contributed by atoms with van der Waals surface area (Å²) in [5, 5.41) is 21.8. The number of aliphatic hydroxyl groups is 1. The lowest BCUT2D eigenvalue weighted by atomic mass is 9.83. The van der Waals surface area contributed by atoms with Crippen molar-refractivity contribution in [1.29, 1.82) is 0 Å². The predicted molar refractivity (Wildman–Crippen MR) is 107 cm³/mol. The van der Waals surface area contributed by atoms with Crippen molar-refractivity contribution < 1.29 is 35.8 Å². The van der Waals surface area contributed by atoms with Gasteiger partial charge in [-0.2, -0.15) is 18.0 Å². The molecular formula is C22H14F7N5O. The molecule has 0 aliphatic rings. The van der Waals surface area contributed by atoms with Crippen LogP contribution >= 0.6 is 0 Å². The summed E-state index contributed by atoms with van der Waals surface area (Å²) in [7, 11) is 0. The van der Waals surface area contributed by atoms with Gasteiger partial charge in [-0.25, -0.2) is 17.6 Å². The minimum atomic E-state index is -4.63. The maximum Gasteiger partial charge on any atom is 0.416 e. The van der Waals surface area contributed by atoms with Crippen molar-refractivity contribution in [2.75, 3.05) is 0 Å². The fraction of sp³-hybridized carbons (Fsp3) is 0.182. The van der Waals surface area contributed by atoms with E-state index in [1.54, 1.807) is 0 Å². The largest absolute Gasteiger partial charge is 0.416 e. The second kappa shape index (κ2) is 9.06. The highest BCUT2D eigenvalue weighted by atomic mass is 19.4. The number of benzene rings is 2. The van der Waals surface area contributed by atoms with E-state index in [2.05, 4.69) is 20.4 Å². The Hall–Kier alpha value is -3.87. The fourth-order valence-electron chi connectivity index (χ4n) is 3.66. The number of hydrogen-bond donors (Lipinski definition) is 1. The van der Waals surface area contributed by atoms with E-state index in [0.29, 0.717) is 23.0 Å².